The van der Waals surface area contributed by atoms with Crippen LogP contribution in [0.3, 0.4) is 0 Å². The molecule has 33 heavy (non-hydrogen) atoms. The standard InChI is InChI=1S/C27H22N2O4/c1-18(19-8-4-2-5-9-19)23-16-17-24-25(23)26(28(33-24)21-10-6-3-7-11-21)27(30)20-12-14-22(15-13-20)29(31)32/h2-17,24-26H,1H3/b23-18+/t24-,25+,26+/m0/s1. The molecule has 0 bridgehead atoms. The molecular weight excluding hydrogens is 416 g/mol. The van der Waals surface area contributed by atoms with Gasteiger partial charge in [0, 0.05) is 23.6 Å². The van der Waals surface area contributed by atoms with E-state index in [4.69, 9.17) is 4.84 Å². The minimum atomic E-state index is -0.609. The summed E-state index contributed by atoms with van der Waals surface area (Å²) >= 11 is 0. The van der Waals surface area contributed by atoms with Gasteiger partial charge in [-0.3, -0.25) is 19.7 Å². The molecule has 5 rings (SSSR count). The fraction of sp³-hybridized carbons (Fsp3) is 0.148. The summed E-state index contributed by atoms with van der Waals surface area (Å²) in [7, 11) is 0. The van der Waals surface area contributed by atoms with E-state index in [0.717, 1.165) is 22.4 Å². The Kier molecular flexibility index (Phi) is 5.36. The molecule has 0 spiro atoms. The Bertz CT molecular complexity index is 1250. The molecule has 1 aliphatic carbocycles. The Labute approximate surface area is 191 Å². The predicted molar refractivity (Wildman–Crippen MR) is 127 cm³/mol. The van der Waals surface area contributed by atoms with E-state index in [0.29, 0.717) is 5.56 Å². The van der Waals surface area contributed by atoms with Crippen molar-refractivity contribution in [1.82, 2.24) is 0 Å². The molecule has 1 heterocycles. The number of fused-ring (bicyclic) bond motifs is 1. The van der Waals surface area contributed by atoms with Crippen LogP contribution >= 0.6 is 0 Å². The number of hydroxylamine groups is 1. The molecule has 2 aliphatic rings. The quantitative estimate of drug-likeness (QED) is 0.293. The summed E-state index contributed by atoms with van der Waals surface area (Å²) < 4.78 is 0. The van der Waals surface area contributed by atoms with Gasteiger partial charge in [-0.15, -0.1) is 0 Å². The van der Waals surface area contributed by atoms with Crippen LogP contribution in [0.5, 0.6) is 0 Å². The number of nitro benzene ring substituents is 1. The number of para-hydroxylation sites is 1. The van der Waals surface area contributed by atoms with Crippen molar-refractivity contribution < 1.29 is 14.6 Å². The van der Waals surface area contributed by atoms with E-state index >= 15 is 0 Å². The van der Waals surface area contributed by atoms with Gasteiger partial charge in [0.1, 0.15) is 12.1 Å². The van der Waals surface area contributed by atoms with Gasteiger partial charge in [-0.2, -0.15) is 0 Å². The van der Waals surface area contributed by atoms with Gasteiger partial charge in [0.15, 0.2) is 5.78 Å². The van der Waals surface area contributed by atoms with Gasteiger partial charge >= 0.3 is 0 Å². The highest BCUT2D eigenvalue weighted by atomic mass is 16.7. The van der Waals surface area contributed by atoms with Crippen molar-refractivity contribution in [2.24, 2.45) is 5.92 Å². The lowest BCUT2D eigenvalue weighted by atomic mass is 9.84. The molecule has 6 heteroatoms. The number of benzene rings is 3. The first kappa shape index (κ1) is 20.8. The molecule has 0 N–H and O–H groups in total. The lowest BCUT2D eigenvalue weighted by Crippen LogP contribution is -2.40. The SMILES string of the molecule is C/C(=C1/C=C[C@@H]2ON(c3ccccc3)[C@@H](C(=O)c3ccc([N+](=O)[O-])cc3)[C@H]12)c1ccccc1. The first-order valence-corrected chi connectivity index (χ1v) is 10.8. The van der Waals surface area contributed by atoms with Crippen molar-refractivity contribution in [3.05, 3.63) is 124 Å². The molecule has 3 atom stereocenters. The smallest absolute Gasteiger partial charge is 0.269 e. The van der Waals surface area contributed by atoms with E-state index in [-0.39, 0.29) is 23.5 Å². The molecule has 1 saturated heterocycles. The third kappa shape index (κ3) is 3.75. The lowest BCUT2D eigenvalue weighted by Gasteiger charge is -2.27. The van der Waals surface area contributed by atoms with Gasteiger partial charge in [0.2, 0.25) is 0 Å². The zero-order valence-electron chi connectivity index (χ0n) is 18.0. The number of rotatable bonds is 5. The molecule has 1 aliphatic heterocycles. The normalized spacial score (nSPS) is 22.8. The Morgan fingerprint density at radius 3 is 2.18 bits per heavy atom. The number of Topliss-reactive ketones (excluding diaryl/α,β-unsaturated/α-hetero) is 1. The lowest BCUT2D eigenvalue weighted by molar-refractivity contribution is -0.384. The zero-order valence-corrected chi connectivity index (χ0v) is 18.0. The van der Waals surface area contributed by atoms with E-state index in [9.17, 15) is 14.9 Å². The van der Waals surface area contributed by atoms with Crippen molar-refractivity contribution in [3.63, 3.8) is 0 Å². The molecule has 0 unspecified atom stereocenters. The number of ketones is 1. The number of carbonyl (C=O) groups is 1. The van der Waals surface area contributed by atoms with E-state index in [1.165, 1.54) is 24.3 Å². The van der Waals surface area contributed by atoms with Gasteiger partial charge in [-0.25, -0.2) is 5.06 Å². The van der Waals surface area contributed by atoms with E-state index in [2.05, 4.69) is 25.1 Å². The molecule has 0 amide bonds. The van der Waals surface area contributed by atoms with Gasteiger partial charge in [-0.05, 0) is 47.9 Å². The van der Waals surface area contributed by atoms with Gasteiger partial charge in [0.05, 0.1) is 10.6 Å². The molecule has 0 aromatic heterocycles. The number of hydrogen-bond acceptors (Lipinski definition) is 5. The van der Waals surface area contributed by atoms with Crippen molar-refractivity contribution in [2.45, 2.75) is 19.1 Å². The molecule has 3 aromatic rings. The van der Waals surface area contributed by atoms with E-state index in [1.807, 2.05) is 54.6 Å². The number of nitro groups is 1. The highest BCUT2D eigenvalue weighted by Crippen LogP contribution is 2.45. The van der Waals surface area contributed by atoms with Crippen molar-refractivity contribution in [3.8, 4) is 0 Å². The van der Waals surface area contributed by atoms with Crippen LogP contribution in [0.2, 0.25) is 0 Å². The second-order valence-corrected chi connectivity index (χ2v) is 8.18. The average molecular weight is 438 g/mol. The minimum absolute atomic E-state index is 0.0462. The summed E-state index contributed by atoms with van der Waals surface area (Å²) in [4.78, 5) is 30.7. The van der Waals surface area contributed by atoms with Crippen LogP contribution in [-0.2, 0) is 4.84 Å². The number of hydrogen-bond donors (Lipinski definition) is 0. The van der Waals surface area contributed by atoms with Crippen molar-refractivity contribution in [1.29, 1.82) is 0 Å². The first-order valence-electron chi connectivity index (χ1n) is 10.8. The van der Waals surface area contributed by atoms with Crippen LogP contribution in [-0.4, -0.2) is 22.9 Å². The predicted octanol–water partition coefficient (Wildman–Crippen LogP) is 5.63. The summed E-state index contributed by atoms with van der Waals surface area (Å²) in [6, 6.07) is 24.8. The Morgan fingerprint density at radius 1 is 0.909 bits per heavy atom. The molecule has 0 saturated carbocycles. The van der Waals surface area contributed by atoms with Crippen LogP contribution < -0.4 is 5.06 Å². The van der Waals surface area contributed by atoms with Crippen LogP contribution in [0.25, 0.3) is 5.57 Å². The summed E-state index contributed by atoms with van der Waals surface area (Å²) in [6.07, 6.45) is 3.78. The molecule has 6 nitrogen and oxygen atoms in total. The fourth-order valence-electron chi connectivity index (χ4n) is 4.61. The summed E-state index contributed by atoms with van der Waals surface area (Å²) in [5, 5.41) is 12.8. The minimum Gasteiger partial charge on any atom is -0.292 e. The first-order chi connectivity index (χ1) is 16.0. The third-order valence-electron chi connectivity index (χ3n) is 6.29. The summed E-state index contributed by atoms with van der Waals surface area (Å²) in [5.74, 6) is -0.337. The highest BCUT2D eigenvalue weighted by Gasteiger charge is 2.50. The van der Waals surface area contributed by atoms with Gasteiger partial charge < -0.3 is 0 Å². The Hall–Kier alpha value is -4.03. The Balaban J connectivity index is 1.59. The van der Waals surface area contributed by atoms with Crippen LogP contribution in [0.15, 0.2) is 103 Å². The van der Waals surface area contributed by atoms with Crippen LogP contribution in [0, 0.1) is 16.0 Å². The molecule has 3 aromatic carbocycles. The second kappa shape index (κ2) is 8.48. The Morgan fingerprint density at radius 2 is 1.55 bits per heavy atom. The fourth-order valence-corrected chi connectivity index (χ4v) is 4.61. The number of nitrogens with zero attached hydrogens (tertiary/aromatic N) is 2. The van der Waals surface area contributed by atoms with Gasteiger partial charge in [-0.1, -0.05) is 60.7 Å². The summed E-state index contributed by atoms with van der Waals surface area (Å²) in [6.45, 7) is 2.07. The molecule has 164 valence electrons. The molecular formula is C27H22N2O4. The van der Waals surface area contributed by atoms with E-state index in [1.54, 1.807) is 5.06 Å². The highest BCUT2D eigenvalue weighted by molar-refractivity contribution is 6.03. The number of non-ortho nitro benzene ring substituents is 1. The maximum atomic E-state index is 13.8. The monoisotopic (exact) mass is 438 g/mol. The number of allylic oxidation sites excluding steroid dienone is 2. The van der Waals surface area contributed by atoms with E-state index < -0.39 is 11.0 Å². The number of anilines is 1. The summed E-state index contributed by atoms with van der Waals surface area (Å²) in [5.41, 5.74) is 4.41. The second-order valence-electron chi connectivity index (χ2n) is 8.18. The average Bonchev–Trinajstić information content (AvgIpc) is 3.44. The number of carbonyl (C=O) groups excluding carboxylic acids is 1. The third-order valence-corrected chi connectivity index (χ3v) is 6.29. The molecule has 1 fully saturated rings. The van der Waals surface area contributed by atoms with Crippen LogP contribution in [0.4, 0.5) is 11.4 Å². The maximum absolute atomic E-state index is 13.8. The maximum Gasteiger partial charge on any atom is 0.269 e. The topological polar surface area (TPSA) is 72.7 Å². The zero-order chi connectivity index (χ0) is 22.9. The van der Waals surface area contributed by atoms with Gasteiger partial charge in [0.25, 0.3) is 5.69 Å². The van der Waals surface area contributed by atoms with Crippen molar-refractivity contribution in [2.75, 3.05) is 5.06 Å². The van der Waals surface area contributed by atoms with Crippen LogP contribution in [0.1, 0.15) is 22.8 Å². The molecule has 0 radical (unpaired) electrons. The largest absolute Gasteiger partial charge is 0.292 e. The van der Waals surface area contributed by atoms with Crippen molar-refractivity contribution >= 4 is 22.7 Å².